The van der Waals surface area contributed by atoms with E-state index in [1.54, 1.807) is 4.90 Å². The Morgan fingerprint density at radius 2 is 1.96 bits per heavy atom. The first-order valence-corrected chi connectivity index (χ1v) is 9.59. The summed E-state index contributed by atoms with van der Waals surface area (Å²) >= 11 is 0. The lowest BCUT2D eigenvalue weighted by molar-refractivity contribution is -0.135. The fraction of sp³-hybridized carbons (Fsp3) is 0.524. The normalized spacial score (nSPS) is 21.0. The molecule has 1 aliphatic heterocycles. The molecule has 2 fully saturated rings. The molecule has 1 aromatic carbocycles. The van der Waals surface area contributed by atoms with Gasteiger partial charge in [-0.2, -0.15) is 0 Å². The van der Waals surface area contributed by atoms with Gasteiger partial charge in [-0.1, -0.05) is 55.3 Å². The summed E-state index contributed by atoms with van der Waals surface area (Å²) in [7, 11) is 0. The number of carbonyl (C=O) groups excluding carboxylic acids is 2. The van der Waals surface area contributed by atoms with Gasteiger partial charge in [-0.25, -0.2) is 0 Å². The number of carbonyl (C=O) groups is 2. The van der Waals surface area contributed by atoms with E-state index in [-0.39, 0.29) is 24.3 Å². The Bertz CT molecular complexity index is 638. The highest BCUT2D eigenvalue weighted by molar-refractivity contribution is 5.89. The zero-order valence-electron chi connectivity index (χ0n) is 15.2. The van der Waals surface area contributed by atoms with Crippen LogP contribution >= 0.6 is 0 Å². The highest BCUT2D eigenvalue weighted by Gasteiger charge is 2.39. The number of nitrogens with zero attached hydrogens (tertiary/aromatic N) is 2. The van der Waals surface area contributed by atoms with E-state index in [1.807, 2.05) is 47.4 Å². The molecule has 5 heteroatoms. The molecule has 1 heterocycles. The zero-order valence-corrected chi connectivity index (χ0v) is 15.2. The molecular formula is C21H28N2O3. The molecule has 1 aliphatic carbocycles. The molecule has 1 N–H and O–H groups in total. The molecule has 2 aliphatic rings. The fourth-order valence-corrected chi connectivity index (χ4v) is 4.02. The van der Waals surface area contributed by atoms with Crippen molar-refractivity contribution >= 4 is 17.9 Å². The van der Waals surface area contributed by atoms with Gasteiger partial charge in [0.05, 0.1) is 12.5 Å². The van der Waals surface area contributed by atoms with E-state index in [9.17, 15) is 14.7 Å². The maximum Gasteiger partial charge on any atom is 0.228 e. The van der Waals surface area contributed by atoms with Crippen LogP contribution in [0.25, 0.3) is 6.08 Å². The van der Waals surface area contributed by atoms with Crippen LogP contribution in [0, 0.1) is 5.92 Å². The van der Waals surface area contributed by atoms with Gasteiger partial charge in [-0.3, -0.25) is 9.59 Å². The maximum atomic E-state index is 12.9. The minimum atomic E-state index is -0.278. The molecule has 0 spiro atoms. The Hall–Kier alpha value is -2.14. The molecule has 3 rings (SSSR count). The molecule has 5 nitrogen and oxygen atoms in total. The molecule has 140 valence electrons. The van der Waals surface area contributed by atoms with Gasteiger partial charge in [0.25, 0.3) is 0 Å². The zero-order chi connectivity index (χ0) is 18.4. The molecule has 0 bridgehead atoms. The van der Waals surface area contributed by atoms with Gasteiger partial charge >= 0.3 is 0 Å². The van der Waals surface area contributed by atoms with Crippen LogP contribution in [-0.4, -0.2) is 59.0 Å². The molecule has 0 aromatic heterocycles. The van der Waals surface area contributed by atoms with Crippen molar-refractivity contribution in [3.63, 3.8) is 0 Å². The van der Waals surface area contributed by atoms with E-state index in [4.69, 9.17) is 0 Å². The molecule has 0 radical (unpaired) electrons. The summed E-state index contributed by atoms with van der Waals surface area (Å²) in [5, 5.41) is 9.33. The third-order valence-corrected chi connectivity index (χ3v) is 5.39. The molecule has 1 saturated carbocycles. The van der Waals surface area contributed by atoms with Crippen molar-refractivity contribution in [2.24, 2.45) is 5.92 Å². The first-order valence-electron chi connectivity index (χ1n) is 9.59. The van der Waals surface area contributed by atoms with E-state index in [2.05, 4.69) is 0 Å². The molecule has 26 heavy (non-hydrogen) atoms. The van der Waals surface area contributed by atoms with E-state index >= 15 is 0 Å². The number of hydrogen-bond donors (Lipinski definition) is 1. The van der Waals surface area contributed by atoms with Crippen molar-refractivity contribution in [2.75, 3.05) is 26.2 Å². The number of likely N-dealkylation sites (tertiary alicyclic amines) is 1. The van der Waals surface area contributed by atoms with Crippen LogP contribution in [-0.2, 0) is 9.59 Å². The summed E-state index contributed by atoms with van der Waals surface area (Å²) in [5.41, 5.74) is 1.08. The van der Waals surface area contributed by atoms with Crippen molar-refractivity contribution < 1.29 is 14.7 Å². The van der Waals surface area contributed by atoms with Gasteiger partial charge in [-0.05, 0) is 18.4 Å². The van der Waals surface area contributed by atoms with Crippen LogP contribution in [0.1, 0.15) is 37.7 Å². The average Bonchev–Trinajstić information content (AvgIpc) is 3.31. The van der Waals surface area contributed by atoms with E-state index < -0.39 is 0 Å². The smallest absolute Gasteiger partial charge is 0.228 e. The standard InChI is InChI=1S/C21H28N2O3/c24-14-13-22(12-6-9-17-7-2-1-3-8-17)21(26)18-15-20(25)23(16-18)19-10-4-5-11-19/h1-3,6-9,18-19,24H,4-5,10-16H2/b9-6+. The first-order chi connectivity index (χ1) is 12.7. The van der Waals surface area contributed by atoms with Crippen molar-refractivity contribution in [1.29, 1.82) is 0 Å². The van der Waals surface area contributed by atoms with Gasteiger partial charge in [0, 0.05) is 32.1 Å². The second kappa shape index (κ2) is 8.99. The SMILES string of the molecule is O=C(C1CC(=O)N(C2CCCC2)C1)N(C/C=C/c1ccccc1)CCO. The highest BCUT2D eigenvalue weighted by atomic mass is 16.3. The van der Waals surface area contributed by atoms with Gasteiger partial charge in [0.2, 0.25) is 11.8 Å². The summed E-state index contributed by atoms with van der Waals surface area (Å²) in [6.45, 7) is 1.21. The Labute approximate surface area is 155 Å². The van der Waals surface area contributed by atoms with Gasteiger partial charge in [-0.15, -0.1) is 0 Å². The molecule has 1 saturated heterocycles. The van der Waals surface area contributed by atoms with E-state index in [0.717, 1.165) is 18.4 Å². The Morgan fingerprint density at radius 1 is 1.23 bits per heavy atom. The molecule has 2 amide bonds. The third kappa shape index (κ3) is 4.52. The second-order valence-corrected chi connectivity index (χ2v) is 7.21. The second-order valence-electron chi connectivity index (χ2n) is 7.21. The van der Waals surface area contributed by atoms with Crippen LogP contribution in [0.3, 0.4) is 0 Å². The lowest BCUT2D eigenvalue weighted by Gasteiger charge is -2.26. The predicted molar refractivity (Wildman–Crippen MR) is 101 cm³/mol. The number of aliphatic hydroxyl groups excluding tert-OH is 1. The lowest BCUT2D eigenvalue weighted by Crippen LogP contribution is -2.40. The number of benzene rings is 1. The van der Waals surface area contributed by atoms with Crippen molar-refractivity contribution in [3.05, 3.63) is 42.0 Å². The minimum absolute atomic E-state index is 0.0226. The Kier molecular flexibility index (Phi) is 6.45. The van der Waals surface area contributed by atoms with Crippen molar-refractivity contribution in [3.8, 4) is 0 Å². The van der Waals surface area contributed by atoms with Crippen molar-refractivity contribution in [2.45, 2.75) is 38.1 Å². The summed E-state index contributed by atoms with van der Waals surface area (Å²) in [4.78, 5) is 28.8. The van der Waals surface area contributed by atoms with Crippen LogP contribution < -0.4 is 0 Å². The van der Waals surface area contributed by atoms with Gasteiger partial charge in [0.15, 0.2) is 0 Å². The molecule has 1 aromatic rings. The topological polar surface area (TPSA) is 60.9 Å². The third-order valence-electron chi connectivity index (χ3n) is 5.39. The lowest BCUT2D eigenvalue weighted by atomic mass is 10.1. The summed E-state index contributed by atoms with van der Waals surface area (Å²) < 4.78 is 0. The van der Waals surface area contributed by atoms with Gasteiger partial charge < -0.3 is 14.9 Å². The number of amides is 2. The van der Waals surface area contributed by atoms with Crippen LogP contribution in [0.2, 0.25) is 0 Å². The quantitative estimate of drug-likeness (QED) is 0.816. The van der Waals surface area contributed by atoms with Crippen LogP contribution in [0.5, 0.6) is 0 Å². The summed E-state index contributed by atoms with van der Waals surface area (Å²) in [6, 6.07) is 10.2. The number of hydrogen-bond acceptors (Lipinski definition) is 3. The first kappa shape index (κ1) is 18.6. The van der Waals surface area contributed by atoms with Crippen LogP contribution in [0.15, 0.2) is 36.4 Å². The fourth-order valence-electron chi connectivity index (χ4n) is 4.02. The van der Waals surface area contributed by atoms with E-state index in [0.29, 0.717) is 32.1 Å². The Morgan fingerprint density at radius 3 is 2.65 bits per heavy atom. The molecule has 1 atom stereocenters. The highest BCUT2D eigenvalue weighted by Crippen LogP contribution is 2.30. The van der Waals surface area contributed by atoms with Gasteiger partial charge in [0.1, 0.15) is 0 Å². The predicted octanol–water partition coefficient (Wildman–Crippen LogP) is 2.31. The monoisotopic (exact) mass is 356 g/mol. The number of aliphatic hydroxyl groups is 1. The summed E-state index contributed by atoms with van der Waals surface area (Å²) in [5.74, 6) is -0.190. The number of rotatable bonds is 7. The van der Waals surface area contributed by atoms with Crippen LogP contribution in [0.4, 0.5) is 0 Å². The summed E-state index contributed by atoms with van der Waals surface area (Å²) in [6.07, 6.45) is 8.69. The average molecular weight is 356 g/mol. The molecular weight excluding hydrogens is 328 g/mol. The molecule has 1 unspecified atom stereocenters. The van der Waals surface area contributed by atoms with E-state index in [1.165, 1.54) is 12.8 Å². The minimum Gasteiger partial charge on any atom is -0.395 e. The van der Waals surface area contributed by atoms with Crippen molar-refractivity contribution in [1.82, 2.24) is 9.80 Å². The Balaban J connectivity index is 1.59. The largest absolute Gasteiger partial charge is 0.395 e. The maximum absolute atomic E-state index is 12.9.